The molecule has 0 saturated heterocycles. The molecule has 112 valence electrons. The number of urea groups is 1. The molecule has 0 spiro atoms. The molecule has 0 aliphatic heterocycles. The molecule has 7 nitrogen and oxygen atoms in total. The van der Waals surface area contributed by atoms with Crippen LogP contribution in [0.25, 0.3) is 0 Å². The van der Waals surface area contributed by atoms with Gasteiger partial charge in [-0.3, -0.25) is 4.68 Å². The van der Waals surface area contributed by atoms with Crippen LogP contribution >= 0.6 is 0 Å². The van der Waals surface area contributed by atoms with Crippen LogP contribution in [-0.4, -0.2) is 39.5 Å². The molecule has 0 aliphatic rings. The minimum atomic E-state index is -1.04. The van der Waals surface area contributed by atoms with Crippen molar-refractivity contribution in [2.45, 2.75) is 33.2 Å². The molecule has 0 aromatic carbocycles. The minimum absolute atomic E-state index is 0.402. The second kappa shape index (κ2) is 6.40. The number of carbonyl (C=O) groups is 2. The molecule has 20 heavy (non-hydrogen) atoms. The van der Waals surface area contributed by atoms with E-state index in [1.165, 1.54) is 0 Å². The van der Waals surface area contributed by atoms with E-state index >= 15 is 0 Å². The Morgan fingerprint density at radius 2 is 2.10 bits per heavy atom. The van der Waals surface area contributed by atoms with Crippen molar-refractivity contribution in [3.8, 4) is 0 Å². The zero-order valence-corrected chi connectivity index (χ0v) is 12.3. The fourth-order valence-corrected chi connectivity index (χ4v) is 1.73. The predicted molar refractivity (Wildman–Crippen MR) is 74.3 cm³/mol. The standard InChI is InChI=1S/C13H22N4O3/c1-13(2,3)10(11(18)19)15-12(20)14-7-5-9-6-8-17(4)16-9/h6,8,10H,5,7H2,1-4H3,(H,18,19)(H2,14,15,20)/t10-/m1/s1. The van der Waals surface area contributed by atoms with Gasteiger partial charge in [0, 0.05) is 26.2 Å². The molecule has 1 heterocycles. The lowest BCUT2D eigenvalue weighted by Gasteiger charge is -2.27. The van der Waals surface area contributed by atoms with Crippen molar-refractivity contribution in [2.75, 3.05) is 6.54 Å². The highest BCUT2D eigenvalue weighted by molar-refractivity contribution is 5.83. The summed E-state index contributed by atoms with van der Waals surface area (Å²) in [6.07, 6.45) is 2.43. The maximum absolute atomic E-state index is 11.7. The summed E-state index contributed by atoms with van der Waals surface area (Å²) in [5.74, 6) is -1.04. The fourth-order valence-electron chi connectivity index (χ4n) is 1.73. The summed E-state index contributed by atoms with van der Waals surface area (Å²) in [6.45, 7) is 5.69. The van der Waals surface area contributed by atoms with Crippen LogP contribution in [0.4, 0.5) is 4.79 Å². The lowest BCUT2D eigenvalue weighted by molar-refractivity contribution is -0.141. The number of amides is 2. The fraction of sp³-hybridized carbons (Fsp3) is 0.615. The third-order valence-corrected chi connectivity index (χ3v) is 2.82. The lowest BCUT2D eigenvalue weighted by atomic mass is 9.87. The first-order chi connectivity index (χ1) is 9.20. The van der Waals surface area contributed by atoms with Crippen molar-refractivity contribution in [1.82, 2.24) is 20.4 Å². The highest BCUT2D eigenvalue weighted by Gasteiger charge is 2.32. The van der Waals surface area contributed by atoms with Crippen LogP contribution in [0.1, 0.15) is 26.5 Å². The van der Waals surface area contributed by atoms with Crippen LogP contribution in [0.3, 0.4) is 0 Å². The quantitative estimate of drug-likeness (QED) is 0.743. The van der Waals surface area contributed by atoms with Gasteiger partial charge in [-0.05, 0) is 11.5 Å². The zero-order chi connectivity index (χ0) is 15.3. The molecule has 0 unspecified atom stereocenters. The van der Waals surface area contributed by atoms with Gasteiger partial charge < -0.3 is 15.7 Å². The first-order valence-corrected chi connectivity index (χ1v) is 6.46. The Labute approximate surface area is 118 Å². The van der Waals surface area contributed by atoms with Gasteiger partial charge in [0.25, 0.3) is 0 Å². The van der Waals surface area contributed by atoms with E-state index in [1.54, 1.807) is 25.5 Å². The van der Waals surface area contributed by atoms with Gasteiger partial charge in [-0.1, -0.05) is 20.8 Å². The first kappa shape index (κ1) is 16.0. The molecule has 1 atom stereocenters. The molecule has 0 saturated carbocycles. The first-order valence-electron chi connectivity index (χ1n) is 6.46. The van der Waals surface area contributed by atoms with Crippen LogP contribution in [0, 0.1) is 5.41 Å². The molecule has 0 bridgehead atoms. The summed E-state index contributed by atoms with van der Waals surface area (Å²) in [5.41, 5.74) is 0.322. The number of nitrogens with zero attached hydrogens (tertiary/aromatic N) is 2. The van der Waals surface area contributed by atoms with Gasteiger partial charge in [0.05, 0.1) is 5.69 Å². The van der Waals surface area contributed by atoms with Crippen molar-refractivity contribution in [2.24, 2.45) is 12.5 Å². The molecular weight excluding hydrogens is 260 g/mol. The van der Waals surface area contributed by atoms with E-state index in [2.05, 4.69) is 15.7 Å². The summed E-state index contributed by atoms with van der Waals surface area (Å²) < 4.78 is 1.69. The van der Waals surface area contributed by atoms with E-state index < -0.39 is 23.5 Å². The van der Waals surface area contributed by atoms with Gasteiger partial charge in [0.1, 0.15) is 6.04 Å². The summed E-state index contributed by atoms with van der Waals surface area (Å²) in [6, 6.07) is 0.454. The second-order valence-electron chi connectivity index (χ2n) is 5.77. The normalized spacial score (nSPS) is 12.8. The number of carboxylic acids is 1. The molecule has 3 N–H and O–H groups in total. The Hall–Kier alpha value is -2.05. The Balaban J connectivity index is 2.41. The SMILES string of the molecule is Cn1ccc(CCNC(=O)N[C@H](C(=O)O)C(C)(C)C)n1. The van der Waals surface area contributed by atoms with E-state index in [9.17, 15) is 9.59 Å². The van der Waals surface area contributed by atoms with E-state index in [-0.39, 0.29) is 0 Å². The molecule has 0 radical (unpaired) electrons. The number of hydrogen-bond acceptors (Lipinski definition) is 3. The van der Waals surface area contributed by atoms with Crippen molar-refractivity contribution in [3.63, 3.8) is 0 Å². The third kappa shape index (κ3) is 4.91. The van der Waals surface area contributed by atoms with Crippen LogP contribution < -0.4 is 10.6 Å². The van der Waals surface area contributed by atoms with Crippen LogP contribution in [0.2, 0.25) is 0 Å². The predicted octanol–water partition coefficient (Wildman–Crippen LogP) is 0.761. The van der Waals surface area contributed by atoms with Crippen molar-refractivity contribution >= 4 is 12.0 Å². The van der Waals surface area contributed by atoms with Crippen LogP contribution in [0.15, 0.2) is 12.3 Å². The summed E-state index contributed by atoms with van der Waals surface area (Å²) >= 11 is 0. The van der Waals surface area contributed by atoms with Crippen molar-refractivity contribution in [1.29, 1.82) is 0 Å². The minimum Gasteiger partial charge on any atom is -0.480 e. The number of hydrogen-bond donors (Lipinski definition) is 3. The number of carbonyl (C=O) groups excluding carboxylic acids is 1. The lowest BCUT2D eigenvalue weighted by Crippen LogP contribution is -2.52. The van der Waals surface area contributed by atoms with Gasteiger partial charge in [0.15, 0.2) is 0 Å². The van der Waals surface area contributed by atoms with Crippen LogP contribution in [0.5, 0.6) is 0 Å². The molecule has 2 amide bonds. The highest BCUT2D eigenvalue weighted by atomic mass is 16.4. The third-order valence-electron chi connectivity index (χ3n) is 2.82. The molecule has 1 aromatic heterocycles. The summed E-state index contributed by atoms with van der Waals surface area (Å²) in [7, 11) is 1.82. The van der Waals surface area contributed by atoms with Gasteiger partial charge >= 0.3 is 12.0 Å². The average molecular weight is 282 g/mol. The maximum atomic E-state index is 11.7. The topological polar surface area (TPSA) is 96.2 Å². The summed E-state index contributed by atoms with van der Waals surface area (Å²) in [4.78, 5) is 22.8. The number of carboxylic acid groups (broad SMARTS) is 1. The van der Waals surface area contributed by atoms with Gasteiger partial charge in [-0.15, -0.1) is 0 Å². The Morgan fingerprint density at radius 1 is 1.45 bits per heavy atom. The van der Waals surface area contributed by atoms with E-state index in [1.807, 2.05) is 19.3 Å². The monoisotopic (exact) mass is 282 g/mol. The number of aryl methyl sites for hydroxylation is 1. The highest BCUT2D eigenvalue weighted by Crippen LogP contribution is 2.19. The number of rotatable bonds is 5. The molecular formula is C13H22N4O3. The van der Waals surface area contributed by atoms with Crippen molar-refractivity contribution in [3.05, 3.63) is 18.0 Å². The summed E-state index contributed by atoms with van der Waals surface area (Å²) in [5, 5.41) is 18.4. The molecule has 1 rings (SSSR count). The van der Waals surface area contributed by atoms with E-state index in [0.717, 1.165) is 5.69 Å². The molecule has 0 aliphatic carbocycles. The van der Waals surface area contributed by atoms with Crippen molar-refractivity contribution < 1.29 is 14.7 Å². The van der Waals surface area contributed by atoms with E-state index in [4.69, 9.17) is 5.11 Å². The Bertz CT molecular complexity index is 476. The smallest absolute Gasteiger partial charge is 0.326 e. The Kier molecular flexibility index (Phi) is 5.12. The van der Waals surface area contributed by atoms with Gasteiger partial charge in [-0.25, -0.2) is 9.59 Å². The van der Waals surface area contributed by atoms with Gasteiger partial charge in [-0.2, -0.15) is 5.10 Å². The second-order valence-corrected chi connectivity index (χ2v) is 5.77. The number of aromatic nitrogens is 2. The largest absolute Gasteiger partial charge is 0.480 e. The molecule has 7 heteroatoms. The van der Waals surface area contributed by atoms with Crippen LogP contribution in [-0.2, 0) is 18.3 Å². The Morgan fingerprint density at radius 3 is 2.55 bits per heavy atom. The van der Waals surface area contributed by atoms with Gasteiger partial charge in [0.2, 0.25) is 0 Å². The molecule has 0 fully saturated rings. The number of nitrogens with one attached hydrogen (secondary N) is 2. The number of aliphatic carboxylic acids is 1. The van der Waals surface area contributed by atoms with E-state index in [0.29, 0.717) is 13.0 Å². The molecule has 1 aromatic rings. The maximum Gasteiger partial charge on any atom is 0.326 e. The zero-order valence-electron chi connectivity index (χ0n) is 12.3. The average Bonchev–Trinajstić information content (AvgIpc) is 2.70.